The fourth-order valence-corrected chi connectivity index (χ4v) is 7.13. The Morgan fingerprint density at radius 1 is 1.27 bits per heavy atom. The molecule has 10 heteroatoms. The van der Waals surface area contributed by atoms with E-state index in [1.807, 2.05) is 0 Å². The predicted molar refractivity (Wildman–Crippen MR) is 120 cm³/mol. The molecule has 0 radical (unpaired) electrons. The molecule has 2 N–H and O–H groups in total. The van der Waals surface area contributed by atoms with Crippen molar-refractivity contribution in [3.63, 3.8) is 0 Å². The third-order valence-electron chi connectivity index (χ3n) is 6.32. The smallest absolute Gasteiger partial charge is 0.214 e. The van der Waals surface area contributed by atoms with Crippen molar-refractivity contribution < 1.29 is 13.5 Å². The van der Waals surface area contributed by atoms with Gasteiger partial charge in [-0.1, -0.05) is 0 Å². The zero-order valence-corrected chi connectivity index (χ0v) is 19.3. The number of sulfonamides is 1. The van der Waals surface area contributed by atoms with Crippen LogP contribution in [0.5, 0.6) is 0 Å². The number of hydrogen-bond donors (Lipinski definition) is 2. The summed E-state index contributed by atoms with van der Waals surface area (Å²) in [5.74, 6) is 0.817. The van der Waals surface area contributed by atoms with E-state index in [1.54, 1.807) is 22.0 Å². The van der Waals surface area contributed by atoms with Gasteiger partial charge in [0.15, 0.2) is 0 Å². The SMILES string of the molecule is CN(C)C1CCC(Nc2ncnc3sc4c(c23)CN(S(=O)(=O)CCCO)CC4)CC1. The second-order valence-corrected chi connectivity index (χ2v) is 11.7. The number of aliphatic hydroxyl groups is 1. The molecule has 2 aromatic rings. The molecule has 0 aromatic carbocycles. The maximum Gasteiger partial charge on any atom is 0.214 e. The Labute approximate surface area is 182 Å². The summed E-state index contributed by atoms with van der Waals surface area (Å²) in [5, 5.41) is 13.6. The van der Waals surface area contributed by atoms with Crippen LogP contribution in [-0.2, 0) is 23.0 Å². The first kappa shape index (κ1) is 21.9. The zero-order chi connectivity index (χ0) is 21.3. The number of thiophene rings is 1. The average Bonchev–Trinajstić information content (AvgIpc) is 3.11. The Morgan fingerprint density at radius 2 is 2.03 bits per heavy atom. The summed E-state index contributed by atoms with van der Waals surface area (Å²) in [6, 6.07) is 1.02. The third-order valence-corrected chi connectivity index (χ3v) is 9.42. The van der Waals surface area contributed by atoms with Crippen molar-refractivity contribution in [2.45, 2.75) is 57.2 Å². The minimum Gasteiger partial charge on any atom is -0.396 e. The van der Waals surface area contributed by atoms with Crippen LogP contribution in [0.4, 0.5) is 5.82 Å². The topological polar surface area (TPSA) is 98.7 Å². The number of hydrogen-bond acceptors (Lipinski definition) is 8. The van der Waals surface area contributed by atoms with Gasteiger partial charge >= 0.3 is 0 Å². The number of anilines is 1. The van der Waals surface area contributed by atoms with E-state index in [2.05, 4.69) is 34.3 Å². The predicted octanol–water partition coefficient (Wildman–Crippen LogP) is 2.05. The van der Waals surface area contributed by atoms with Crippen molar-refractivity contribution in [2.75, 3.05) is 38.3 Å². The van der Waals surface area contributed by atoms with Crippen LogP contribution in [0.3, 0.4) is 0 Å². The second-order valence-electron chi connectivity index (χ2n) is 8.50. The van der Waals surface area contributed by atoms with Crippen molar-refractivity contribution in [1.29, 1.82) is 0 Å². The molecule has 0 unspecified atom stereocenters. The quantitative estimate of drug-likeness (QED) is 0.662. The molecule has 2 aliphatic rings. The van der Waals surface area contributed by atoms with Crippen LogP contribution in [0.15, 0.2) is 6.33 Å². The largest absolute Gasteiger partial charge is 0.396 e. The van der Waals surface area contributed by atoms with Crippen LogP contribution in [-0.4, -0.2) is 77.8 Å². The van der Waals surface area contributed by atoms with Gasteiger partial charge in [0.2, 0.25) is 10.0 Å². The molecule has 166 valence electrons. The van der Waals surface area contributed by atoms with Crippen LogP contribution in [0, 0.1) is 0 Å². The van der Waals surface area contributed by atoms with Gasteiger partial charge in [-0.25, -0.2) is 18.4 Å². The summed E-state index contributed by atoms with van der Waals surface area (Å²) in [4.78, 5) is 13.5. The molecule has 30 heavy (non-hydrogen) atoms. The van der Waals surface area contributed by atoms with Crippen molar-refractivity contribution in [3.05, 3.63) is 16.8 Å². The van der Waals surface area contributed by atoms with Crippen LogP contribution in [0.25, 0.3) is 10.2 Å². The first-order chi connectivity index (χ1) is 14.4. The van der Waals surface area contributed by atoms with Gasteiger partial charge in [0.05, 0.1) is 11.1 Å². The van der Waals surface area contributed by atoms with E-state index in [4.69, 9.17) is 5.11 Å². The molecule has 0 saturated heterocycles. The number of aromatic nitrogens is 2. The van der Waals surface area contributed by atoms with Gasteiger partial charge in [0.1, 0.15) is 17.0 Å². The van der Waals surface area contributed by atoms with Gasteiger partial charge in [0, 0.05) is 36.7 Å². The van der Waals surface area contributed by atoms with Gasteiger partial charge in [-0.05, 0) is 58.2 Å². The highest BCUT2D eigenvalue weighted by Gasteiger charge is 2.31. The standard InChI is InChI=1S/C20H31N5O3S2/c1-24(2)15-6-4-14(5-7-15)23-19-18-16-12-25(30(27,28)11-3-10-26)9-8-17(16)29-20(18)22-13-21-19/h13-15,26H,3-12H2,1-2H3,(H,21,22,23). The fourth-order valence-electron chi connectivity index (χ4n) is 4.54. The number of rotatable bonds is 7. The van der Waals surface area contributed by atoms with Crippen LogP contribution in [0.2, 0.25) is 0 Å². The van der Waals surface area contributed by atoms with E-state index in [-0.39, 0.29) is 18.8 Å². The molecule has 0 amide bonds. The van der Waals surface area contributed by atoms with Gasteiger partial charge < -0.3 is 15.3 Å². The van der Waals surface area contributed by atoms with E-state index in [0.717, 1.165) is 47.3 Å². The van der Waals surface area contributed by atoms with Crippen LogP contribution >= 0.6 is 11.3 Å². The lowest BCUT2D eigenvalue weighted by atomic mass is 9.90. The number of aliphatic hydroxyl groups excluding tert-OH is 1. The minimum absolute atomic E-state index is 0.0162. The highest BCUT2D eigenvalue weighted by Crippen LogP contribution is 2.38. The molecule has 1 saturated carbocycles. The van der Waals surface area contributed by atoms with Gasteiger partial charge in [-0.3, -0.25) is 0 Å². The number of nitrogens with one attached hydrogen (secondary N) is 1. The maximum atomic E-state index is 12.7. The first-order valence-electron chi connectivity index (χ1n) is 10.7. The van der Waals surface area contributed by atoms with Gasteiger partial charge in [0.25, 0.3) is 0 Å². The van der Waals surface area contributed by atoms with Crippen LogP contribution in [0.1, 0.15) is 42.5 Å². The Bertz CT molecular complexity index is 984. The van der Waals surface area contributed by atoms with E-state index < -0.39 is 10.0 Å². The molecule has 1 aliphatic heterocycles. The van der Waals surface area contributed by atoms with Gasteiger partial charge in [-0.2, -0.15) is 4.31 Å². The maximum absolute atomic E-state index is 12.7. The molecule has 8 nitrogen and oxygen atoms in total. The monoisotopic (exact) mass is 453 g/mol. The summed E-state index contributed by atoms with van der Waals surface area (Å²) < 4.78 is 26.9. The normalized spacial score (nSPS) is 23.1. The fraction of sp³-hybridized carbons (Fsp3) is 0.700. The summed E-state index contributed by atoms with van der Waals surface area (Å²) in [6.45, 7) is 0.731. The van der Waals surface area contributed by atoms with E-state index in [1.165, 1.54) is 4.88 Å². The van der Waals surface area contributed by atoms with Crippen molar-refractivity contribution in [2.24, 2.45) is 0 Å². The Balaban J connectivity index is 1.56. The molecule has 1 fully saturated rings. The molecule has 4 rings (SSSR count). The summed E-state index contributed by atoms with van der Waals surface area (Å²) in [7, 11) is 0.909. The first-order valence-corrected chi connectivity index (χ1v) is 13.1. The Kier molecular flexibility index (Phi) is 6.59. The summed E-state index contributed by atoms with van der Waals surface area (Å²) >= 11 is 1.65. The molecule has 0 bridgehead atoms. The number of fused-ring (bicyclic) bond motifs is 3. The van der Waals surface area contributed by atoms with Crippen LogP contribution < -0.4 is 5.32 Å². The van der Waals surface area contributed by atoms with Crippen molar-refractivity contribution in [1.82, 2.24) is 19.2 Å². The molecular weight excluding hydrogens is 422 g/mol. The molecule has 3 heterocycles. The van der Waals surface area contributed by atoms with E-state index in [0.29, 0.717) is 31.6 Å². The van der Waals surface area contributed by atoms with Gasteiger partial charge in [-0.15, -0.1) is 11.3 Å². The Hall–Kier alpha value is -1.33. The van der Waals surface area contributed by atoms with Crippen molar-refractivity contribution in [3.8, 4) is 0 Å². The number of nitrogens with zero attached hydrogens (tertiary/aromatic N) is 4. The summed E-state index contributed by atoms with van der Waals surface area (Å²) in [6.07, 6.45) is 7.09. The molecule has 1 aliphatic carbocycles. The zero-order valence-electron chi connectivity index (χ0n) is 17.7. The molecular formula is C20H31N5O3S2. The lowest BCUT2D eigenvalue weighted by molar-refractivity contribution is 0.221. The highest BCUT2D eigenvalue weighted by molar-refractivity contribution is 7.89. The second kappa shape index (κ2) is 9.04. The van der Waals surface area contributed by atoms with Crippen molar-refractivity contribution >= 4 is 37.4 Å². The highest BCUT2D eigenvalue weighted by atomic mass is 32.2. The summed E-state index contributed by atoms with van der Waals surface area (Å²) in [5.41, 5.74) is 1.04. The Morgan fingerprint density at radius 3 is 2.73 bits per heavy atom. The lowest BCUT2D eigenvalue weighted by Gasteiger charge is -2.33. The molecule has 2 aromatic heterocycles. The lowest BCUT2D eigenvalue weighted by Crippen LogP contribution is -2.37. The van der Waals surface area contributed by atoms with E-state index in [9.17, 15) is 8.42 Å². The third kappa shape index (κ3) is 4.47. The molecule has 0 spiro atoms. The minimum atomic E-state index is -3.38. The average molecular weight is 454 g/mol. The molecule has 0 atom stereocenters. The van der Waals surface area contributed by atoms with E-state index >= 15 is 0 Å².